The van der Waals surface area contributed by atoms with Gasteiger partial charge in [-0.2, -0.15) is 0 Å². The number of allylic oxidation sites excluding steroid dienone is 1. The number of amides is 1. The Labute approximate surface area is 236 Å². The van der Waals surface area contributed by atoms with Crippen LogP contribution in [0.3, 0.4) is 0 Å². The molecule has 0 radical (unpaired) electrons. The van der Waals surface area contributed by atoms with Crippen LogP contribution in [-0.4, -0.2) is 52.7 Å². The predicted molar refractivity (Wildman–Crippen MR) is 161 cm³/mol. The van der Waals surface area contributed by atoms with Gasteiger partial charge in [0.25, 0.3) is 5.91 Å². The van der Waals surface area contributed by atoms with Gasteiger partial charge in [-0.3, -0.25) is 9.69 Å². The SMILES string of the molecule is CC(C)CNC(=O)COc1cccc(-c2nc3c(c(Nc4ccc(/C(C=N)=C/N)cc4)n2)CN(C(C)C)CC3)c1. The number of nitrogens with two attached hydrogens (primary N) is 1. The van der Waals surface area contributed by atoms with E-state index in [1.165, 1.54) is 12.4 Å². The number of nitrogens with one attached hydrogen (secondary N) is 3. The molecule has 1 amide bonds. The van der Waals surface area contributed by atoms with Crippen molar-refractivity contribution >= 4 is 29.2 Å². The maximum atomic E-state index is 12.1. The van der Waals surface area contributed by atoms with Gasteiger partial charge in [-0.25, -0.2) is 9.97 Å². The van der Waals surface area contributed by atoms with Crippen LogP contribution in [0, 0.1) is 11.3 Å². The maximum absolute atomic E-state index is 12.1. The number of hydrogen-bond donors (Lipinski definition) is 4. The predicted octanol–water partition coefficient (Wildman–Crippen LogP) is 4.75. The van der Waals surface area contributed by atoms with E-state index >= 15 is 0 Å². The molecule has 1 aromatic heterocycles. The van der Waals surface area contributed by atoms with Crippen molar-refractivity contribution in [3.8, 4) is 17.1 Å². The van der Waals surface area contributed by atoms with E-state index < -0.39 is 0 Å². The molecule has 0 spiro atoms. The van der Waals surface area contributed by atoms with E-state index in [0.717, 1.165) is 53.4 Å². The Kier molecular flexibility index (Phi) is 9.50. The number of benzene rings is 2. The van der Waals surface area contributed by atoms with Crippen LogP contribution >= 0.6 is 0 Å². The molecular weight excluding hydrogens is 502 g/mol. The number of carbonyl (C=O) groups is 1. The van der Waals surface area contributed by atoms with Crippen LogP contribution in [0.25, 0.3) is 17.0 Å². The molecule has 9 heteroatoms. The summed E-state index contributed by atoms with van der Waals surface area (Å²) in [6.07, 6.45) is 3.50. The number of fused-ring (bicyclic) bond motifs is 1. The summed E-state index contributed by atoms with van der Waals surface area (Å²) in [5.74, 6) is 2.18. The van der Waals surface area contributed by atoms with Crippen LogP contribution in [0.4, 0.5) is 11.5 Å². The fraction of sp³-hybridized carbons (Fsp3) is 0.355. The topological polar surface area (TPSA) is 129 Å². The van der Waals surface area contributed by atoms with E-state index in [0.29, 0.717) is 35.7 Å². The quantitative estimate of drug-likeness (QED) is 0.258. The molecule has 0 bridgehead atoms. The van der Waals surface area contributed by atoms with Gasteiger partial charge >= 0.3 is 0 Å². The van der Waals surface area contributed by atoms with Crippen LogP contribution in [0.2, 0.25) is 0 Å². The van der Waals surface area contributed by atoms with Gasteiger partial charge in [0.05, 0.1) is 5.69 Å². The van der Waals surface area contributed by atoms with Crippen LogP contribution in [0.15, 0.2) is 54.7 Å². The van der Waals surface area contributed by atoms with E-state index in [1.807, 2.05) is 48.5 Å². The first-order valence-corrected chi connectivity index (χ1v) is 13.7. The molecule has 3 aromatic rings. The number of anilines is 2. The fourth-order valence-corrected chi connectivity index (χ4v) is 4.46. The van der Waals surface area contributed by atoms with Gasteiger partial charge < -0.3 is 26.5 Å². The van der Waals surface area contributed by atoms with E-state index in [4.69, 9.17) is 25.8 Å². The molecule has 0 unspecified atom stereocenters. The molecular formula is C31H39N7O2. The first-order chi connectivity index (χ1) is 19.3. The van der Waals surface area contributed by atoms with Crippen molar-refractivity contribution in [2.24, 2.45) is 11.7 Å². The third-order valence-electron chi connectivity index (χ3n) is 6.81. The number of nitrogens with zero attached hydrogens (tertiary/aromatic N) is 3. The molecule has 9 nitrogen and oxygen atoms in total. The third kappa shape index (κ3) is 7.24. The van der Waals surface area contributed by atoms with Crippen LogP contribution in [-0.2, 0) is 17.8 Å². The minimum atomic E-state index is -0.147. The highest BCUT2D eigenvalue weighted by Gasteiger charge is 2.24. The molecule has 210 valence electrons. The summed E-state index contributed by atoms with van der Waals surface area (Å²) in [7, 11) is 0. The van der Waals surface area contributed by atoms with E-state index in [1.54, 1.807) is 0 Å². The summed E-state index contributed by atoms with van der Waals surface area (Å²) in [6.45, 7) is 10.8. The van der Waals surface area contributed by atoms with Crippen LogP contribution in [0.5, 0.6) is 5.75 Å². The lowest BCUT2D eigenvalue weighted by Gasteiger charge is -2.32. The second-order valence-electron chi connectivity index (χ2n) is 10.6. The van der Waals surface area contributed by atoms with E-state index in [9.17, 15) is 4.79 Å². The number of rotatable bonds is 11. The molecule has 2 aromatic carbocycles. The molecule has 4 rings (SSSR count). The Hall–Kier alpha value is -4.24. The molecule has 0 fully saturated rings. The van der Waals surface area contributed by atoms with Gasteiger partial charge in [-0.05, 0) is 49.6 Å². The highest BCUT2D eigenvalue weighted by atomic mass is 16.5. The number of aromatic nitrogens is 2. The number of hydrogen-bond acceptors (Lipinski definition) is 8. The maximum Gasteiger partial charge on any atom is 0.257 e. The Morgan fingerprint density at radius 3 is 2.60 bits per heavy atom. The average molecular weight is 542 g/mol. The lowest BCUT2D eigenvalue weighted by molar-refractivity contribution is -0.123. The number of ether oxygens (including phenoxy) is 1. The van der Waals surface area contributed by atoms with Crippen molar-refractivity contribution in [2.45, 2.75) is 46.7 Å². The van der Waals surface area contributed by atoms with Crippen LogP contribution < -0.4 is 21.1 Å². The zero-order chi connectivity index (χ0) is 28.6. The summed E-state index contributed by atoms with van der Waals surface area (Å²) in [4.78, 5) is 24.5. The minimum Gasteiger partial charge on any atom is -0.484 e. The molecule has 1 aliphatic rings. The number of carbonyl (C=O) groups excluding carboxylic acids is 1. The largest absolute Gasteiger partial charge is 0.484 e. The monoisotopic (exact) mass is 541 g/mol. The first kappa shape index (κ1) is 28.8. The average Bonchev–Trinajstić information content (AvgIpc) is 2.96. The molecule has 0 saturated heterocycles. The minimum absolute atomic E-state index is 0.0475. The van der Waals surface area contributed by atoms with Gasteiger partial charge in [-0.15, -0.1) is 0 Å². The van der Waals surface area contributed by atoms with Gasteiger partial charge in [0.15, 0.2) is 12.4 Å². The summed E-state index contributed by atoms with van der Waals surface area (Å²) >= 11 is 0. The van der Waals surface area contributed by atoms with Crippen LogP contribution in [0.1, 0.15) is 44.5 Å². The molecule has 5 N–H and O–H groups in total. The summed E-state index contributed by atoms with van der Waals surface area (Å²) in [5.41, 5.74) is 11.0. The van der Waals surface area contributed by atoms with Gasteiger partial charge in [0, 0.05) is 66.9 Å². The highest BCUT2D eigenvalue weighted by Crippen LogP contribution is 2.31. The lowest BCUT2D eigenvalue weighted by Crippen LogP contribution is -2.36. The lowest BCUT2D eigenvalue weighted by atomic mass is 10.0. The molecule has 40 heavy (non-hydrogen) atoms. The molecule has 0 saturated carbocycles. The van der Waals surface area contributed by atoms with Gasteiger partial charge in [0.1, 0.15) is 11.6 Å². The molecule has 2 heterocycles. The zero-order valence-electron chi connectivity index (χ0n) is 23.7. The van der Waals surface area contributed by atoms with E-state index in [2.05, 4.69) is 43.2 Å². The van der Waals surface area contributed by atoms with Crippen molar-refractivity contribution in [1.29, 1.82) is 5.41 Å². The molecule has 0 atom stereocenters. The molecule has 1 aliphatic heterocycles. The summed E-state index contributed by atoms with van der Waals surface area (Å²) in [6, 6.07) is 15.7. The standard InChI is InChI=1S/C31H39N7O2/c1-20(2)17-34-29(39)19-40-26-7-5-6-23(14-26)30-36-28-12-13-38(21(3)4)18-27(28)31(37-30)35-25-10-8-22(9-11-25)24(15-32)16-33/h5-11,14-16,20-21,32H,12-13,17-19,33H2,1-4H3,(H,34,39)(H,35,36,37)/b24-16+,32-15?. The van der Waals surface area contributed by atoms with Crippen molar-refractivity contribution < 1.29 is 9.53 Å². The first-order valence-electron chi connectivity index (χ1n) is 13.7. The Bertz CT molecular complexity index is 1370. The second-order valence-corrected chi connectivity index (χ2v) is 10.6. The third-order valence-corrected chi connectivity index (χ3v) is 6.81. The normalized spacial score (nSPS) is 13.7. The zero-order valence-corrected chi connectivity index (χ0v) is 23.7. The van der Waals surface area contributed by atoms with Crippen molar-refractivity contribution in [3.05, 3.63) is 71.6 Å². The smallest absolute Gasteiger partial charge is 0.257 e. The van der Waals surface area contributed by atoms with Crippen molar-refractivity contribution in [2.75, 3.05) is 25.0 Å². The Morgan fingerprint density at radius 2 is 1.93 bits per heavy atom. The Balaban J connectivity index is 1.62. The highest BCUT2D eigenvalue weighted by molar-refractivity contribution is 6.08. The molecule has 0 aliphatic carbocycles. The summed E-state index contributed by atoms with van der Waals surface area (Å²) in [5, 5.41) is 13.9. The van der Waals surface area contributed by atoms with Crippen molar-refractivity contribution in [1.82, 2.24) is 20.2 Å². The Morgan fingerprint density at radius 1 is 1.15 bits per heavy atom. The second kappa shape index (κ2) is 13.2. The van der Waals surface area contributed by atoms with Crippen molar-refractivity contribution in [3.63, 3.8) is 0 Å². The fourth-order valence-electron chi connectivity index (χ4n) is 4.46. The summed E-state index contributed by atoms with van der Waals surface area (Å²) < 4.78 is 5.77. The van der Waals surface area contributed by atoms with Gasteiger partial charge in [0.2, 0.25) is 0 Å². The van der Waals surface area contributed by atoms with E-state index in [-0.39, 0.29) is 12.5 Å². The van der Waals surface area contributed by atoms with Gasteiger partial charge in [-0.1, -0.05) is 38.1 Å².